The number of rotatable bonds is 6. The van der Waals surface area contributed by atoms with Gasteiger partial charge in [0.05, 0.1) is 0 Å². The quantitative estimate of drug-likeness (QED) is 0.673. The molecular weight excluding hydrogens is 392 g/mol. The predicted octanol–water partition coefficient (Wildman–Crippen LogP) is 3.92. The normalized spacial score (nSPS) is 23.8. The molecule has 0 bridgehead atoms. The van der Waals surface area contributed by atoms with E-state index in [1.165, 1.54) is 0 Å². The molecule has 0 radical (unpaired) electrons. The first kappa shape index (κ1) is 23.1. The molecule has 0 atom stereocenters. The van der Waals surface area contributed by atoms with Gasteiger partial charge in [-0.15, -0.1) is 0 Å². The van der Waals surface area contributed by atoms with Crippen molar-refractivity contribution in [1.29, 1.82) is 0 Å². The molecule has 1 aliphatic heterocycles. The fraction of sp³-hybridized carbons (Fsp3) is 0.625. The Bertz CT molecular complexity index is 870. The highest BCUT2D eigenvalue weighted by atomic mass is 16.2. The number of hydrogen-bond acceptors (Lipinski definition) is 4. The van der Waals surface area contributed by atoms with Gasteiger partial charge in [-0.1, -0.05) is 27.2 Å². The third kappa shape index (κ3) is 4.55. The summed E-state index contributed by atoms with van der Waals surface area (Å²) in [4.78, 5) is 41.4. The largest absolute Gasteiger partial charge is 0.378 e. The van der Waals surface area contributed by atoms with Gasteiger partial charge >= 0.3 is 6.03 Å². The molecule has 1 aromatic carbocycles. The Balaban J connectivity index is 1.64. The number of nitrogens with zero attached hydrogens (tertiary/aromatic N) is 2. The van der Waals surface area contributed by atoms with Crippen molar-refractivity contribution in [3.05, 3.63) is 23.8 Å². The number of benzene rings is 1. The Morgan fingerprint density at radius 2 is 1.90 bits per heavy atom. The SMILES string of the molecule is CCC(C)(C)C1CCC2(CC1)NC(=O)N(CC(=O)Nc1ccc(N(C)C)cc1C)C2=O. The minimum atomic E-state index is -0.846. The Morgan fingerprint density at radius 1 is 1.26 bits per heavy atom. The smallest absolute Gasteiger partial charge is 0.325 e. The molecule has 1 aliphatic carbocycles. The molecule has 0 aromatic heterocycles. The number of urea groups is 1. The van der Waals surface area contributed by atoms with Crippen molar-refractivity contribution in [3.63, 3.8) is 0 Å². The maximum Gasteiger partial charge on any atom is 0.325 e. The van der Waals surface area contributed by atoms with Gasteiger partial charge in [0.25, 0.3) is 5.91 Å². The molecule has 3 rings (SSSR count). The van der Waals surface area contributed by atoms with Crippen LogP contribution in [-0.4, -0.2) is 48.9 Å². The second-order valence-electron chi connectivity index (χ2n) is 9.96. The predicted molar refractivity (Wildman–Crippen MR) is 123 cm³/mol. The van der Waals surface area contributed by atoms with Gasteiger partial charge in [-0.2, -0.15) is 0 Å². The molecule has 1 spiro atoms. The number of nitrogens with one attached hydrogen (secondary N) is 2. The molecule has 1 heterocycles. The van der Waals surface area contributed by atoms with Crippen molar-refractivity contribution < 1.29 is 14.4 Å². The van der Waals surface area contributed by atoms with E-state index in [1.54, 1.807) is 0 Å². The van der Waals surface area contributed by atoms with E-state index in [9.17, 15) is 14.4 Å². The van der Waals surface area contributed by atoms with Gasteiger partial charge in [-0.3, -0.25) is 14.5 Å². The fourth-order valence-electron chi connectivity index (χ4n) is 4.74. The van der Waals surface area contributed by atoms with E-state index >= 15 is 0 Å². The summed E-state index contributed by atoms with van der Waals surface area (Å²) in [6.45, 7) is 8.39. The molecule has 2 fully saturated rings. The molecule has 31 heavy (non-hydrogen) atoms. The zero-order chi connectivity index (χ0) is 23.0. The summed E-state index contributed by atoms with van der Waals surface area (Å²) in [5.74, 6) is -0.0968. The number of anilines is 2. The second-order valence-corrected chi connectivity index (χ2v) is 9.96. The number of aryl methyl sites for hydroxylation is 1. The van der Waals surface area contributed by atoms with Gasteiger partial charge in [0.15, 0.2) is 0 Å². The summed E-state index contributed by atoms with van der Waals surface area (Å²) in [6.07, 6.45) is 4.17. The lowest BCUT2D eigenvalue weighted by molar-refractivity contribution is -0.135. The average Bonchev–Trinajstić information content (AvgIpc) is 2.93. The van der Waals surface area contributed by atoms with Crippen LogP contribution < -0.4 is 15.5 Å². The van der Waals surface area contributed by atoms with E-state index in [-0.39, 0.29) is 23.8 Å². The first-order valence-corrected chi connectivity index (χ1v) is 11.2. The molecule has 1 aromatic rings. The monoisotopic (exact) mass is 428 g/mol. The first-order chi connectivity index (χ1) is 14.5. The van der Waals surface area contributed by atoms with Crippen LogP contribution in [-0.2, 0) is 9.59 Å². The van der Waals surface area contributed by atoms with Crippen molar-refractivity contribution in [2.45, 2.75) is 65.3 Å². The van der Waals surface area contributed by atoms with Crippen LogP contribution in [0.3, 0.4) is 0 Å². The molecule has 2 aliphatic rings. The van der Waals surface area contributed by atoms with Crippen molar-refractivity contribution in [1.82, 2.24) is 10.2 Å². The van der Waals surface area contributed by atoms with E-state index in [4.69, 9.17) is 0 Å². The molecule has 1 saturated carbocycles. The molecular formula is C24H36N4O3. The molecule has 0 unspecified atom stereocenters. The van der Waals surface area contributed by atoms with Gasteiger partial charge in [-0.25, -0.2) is 4.79 Å². The van der Waals surface area contributed by atoms with E-state index in [0.717, 1.165) is 35.4 Å². The van der Waals surface area contributed by atoms with Crippen LogP contribution in [0, 0.1) is 18.3 Å². The van der Waals surface area contributed by atoms with Crippen LogP contribution in [0.2, 0.25) is 0 Å². The van der Waals surface area contributed by atoms with Gasteiger partial charge in [0.2, 0.25) is 5.91 Å². The third-order valence-corrected chi connectivity index (χ3v) is 7.40. The Kier molecular flexibility index (Phi) is 6.35. The Labute approximate surface area is 185 Å². The first-order valence-electron chi connectivity index (χ1n) is 11.2. The summed E-state index contributed by atoms with van der Waals surface area (Å²) in [6, 6.07) is 5.27. The molecule has 7 heteroatoms. The van der Waals surface area contributed by atoms with Crippen molar-refractivity contribution in [2.75, 3.05) is 30.9 Å². The van der Waals surface area contributed by atoms with E-state index in [1.807, 2.05) is 44.1 Å². The van der Waals surface area contributed by atoms with Gasteiger partial charge in [0, 0.05) is 25.5 Å². The highest BCUT2D eigenvalue weighted by Crippen LogP contribution is 2.45. The fourth-order valence-corrected chi connectivity index (χ4v) is 4.74. The molecule has 7 nitrogen and oxygen atoms in total. The van der Waals surface area contributed by atoms with Crippen molar-refractivity contribution >= 4 is 29.2 Å². The zero-order valence-electron chi connectivity index (χ0n) is 19.7. The van der Waals surface area contributed by atoms with Crippen molar-refractivity contribution in [2.24, 2.45) is 11.3 Å². The average molecular weight is 429 g/mol. The van der Waals surface area contributed by atoms with Crippen LogP contribution in [0.15, 0.2) is 18.2 Å². The molecule has 170 valence electrons. The maximum atomic E-state index is 13.2. The highest BCUT2D eigenvalue weighted by Gasteiger charge is 2.53. The lowest BCUT2D eigenvalue weighted by Crippen LogP contribution is -2.51. The molecule has 2 N–H and O–H groups in total. The summed E-state index contributed by atoms with van der Waals surface area (Å²) in [5, 5.41) is 5.75. The number of carbonyl (C=O) groups is 3. The summed E-state index contributed by atoms with van der Waals surface area (Å²) < 4.78 is 0. The summed E-state index contributed by atoms with van der Waals surface area (Å²) in [5.41, 5.74) is 2.02. The highest BCUT2D eigenvalue weighted by molar-refractivity contribution is 6.10. The second kappa shape index (κ2) is 8.52. The number of carbonyl (C=O) groups excluding carboxylic acids is 3. The number of amides is 4. The number of imide groups is 1. The van der Waals surface area contributed by atoms with Gasteiger partial charge < -0.3 is 15.5 Å². The minimum absolute atomic E-state index is 0.229. The Hall–Kier alpha value is -2.57. The van der Waals surface area contributed by atoms with Crippen LogP contribution in [0.4, 0.5) is 16.2 Å². The van der Waals surface area contributed by atoms with Crippen LogP contribution >= 0.6 is 0 Å². The molecule has 1 saturated heterocycles. The van der Waals surface area contributed by atoms with Crippen LogP contribution in [0.25, 0.3) is 0 Å². The lowest BCUT2D eigenvalue weighted by atomic mass is 9.65. The standard InChI is InChI=1S/C24H36N4O3/c1-7-23(3,4)17-10-12-24(13-11-17)21(30)28(22(31)26-24)15-20(29)25-19-9-8-18(27(5)6)14-16(19)2/h8-9,14,17H,7,10-13,15H2,1-6H3,(H,25,29)(H,26,31). The summed E-state index contributed by atoms with van der Waals surface area (Å²) in [7, 11) is 3.91. The summed E-state index contributed by atoms with van der Waals surface area (Å²) >= 11 is 0. The van der Waals surface area contributed by atoms with Crippen LogP contribution in [0.5, 0.6) is 0 Å². The lowest BCUT2D eigenvalue weighted by Gasteiger charge is -2.42. The Morgan fingerprint density at radius 3 is 2.45 bits per heavy atom. The zero-order valence-corrected chi connectivity index (χ0v) is 19.7. The van der Waals surface area contributed by atoms with Crippen LogP contribution in [0.1, 0.15) is 58.4 Å². The van der Waals surface area contributed by atoms with Crippen molar-refractivity contribution in [3.8, 4) is 0 Å². The third-order valence-electron chi connectivity index (χ3n) is 7.40. The number of hydrogen-bond donors (Lipinski definition) is 2. The van der Waals surface area contributed by atoms with Gasteiger partial charge in [-0.05, 0) is 67.7 Å². The van der Waals surface area contributed by atoms with E-state index in [2.05, 4.69) is 31.4 Å². The topological polar surface area (TPSA) is 81.8 Å². The van der Waals surface area contributed by atoms with E-state index < -0.39 is 11.6 Å². The van der Waals surface area contributed by atoms with Gasteiger partial charge in [0.1, 0.15) is 12.1 Å². The van der Waals surface area contributed by atoms with E-state index in [0.29, 0.717) is 24.4 Å². The molecule has 4 amide bonds. The minimum Gasteiger partial charge on any atom is -0.378 e. The maximum absolute atomic E-state index is 13.2.